The molecule has 0 spiro atoms. The summed E-state index contributed by atoms with van der Waals surface area (Å²) in [6.45, 7) is 5.79. The standard InChI is InChI=1S/C18H16ClNO3S2/c1-4-23-18(22)13-9(2)10(3)24-17(13)20-16(21)15-14(19)11-7-5-6-8-12(11)25-15/h5-8H,4H2,1-3H3,(H,20,21). The van der Waals surface area contributed by atoms with E-state index in [1.807, 2.05) is 38.1 Å². The van der Waals surface area contributed by atoms with Crippen LogP contribution >= 0.6 is 34.3 Å². The molecule has 2 aromatic heterocycles. The van der Waals surface area contributed by atoms with Gasteiger partial charge in [0.2, 0.25) is 0 Å². The lowest BCUT2D eigenvalue weighted by Gasteiger charge is -2.06. The number of nitrogens with one attached hydrogen (secondary N) is 1. The first kappa shape index (κ1) is 17.9. The van der Waals surface area contributed by atoms with Crippen LogP contribution in [0, 0.1) is 13.8 Å². The number of rotatable bonds is 4. The fourth-order valence-electron chi connectivity index (χ4n) is 2.48. The lowest BCUT2D eigenvalue weighted by Crippen LogP contribution is -2.14. The number of halogens is 1. The highest BCUT2D eigenvalue weighted by atomic mass is 35.5. The van der Waals surface area contributed by atoms with Crippen LogP contribution in [0.15, 0.2) is 24.3 Å². The first-order valence-corrected chi connectivity index (χ1v) is 9.70. The zero-order chi connectivity index (χ0) is 18.1. The summed E-state index contributed by atoms with van der Waals surface area (Å²) in [4.78, 5) is 26.4. The van der Waals surface area contributed by atoms with E-state index in [0.717, 1.165) is 20.5 Å². The minimum absolute atomic E-state index is 0.280. The summed E-state index contributed by atoms with van der Waals surface area (Å²) in [5, 5.41) is 4.61. The maximum atomic E-state index is 12.7. The quantitative estimate of drug-likeness (QED) is 0.581. The van der Waals surface area contributed by atoms with Crippen LogP contribution in [0.1, 0.15) is 37.4 Å². The van der Waals surface area contributed by atoms with E-state index < -0.39 is 5.97 Å². The molecule has 0 aliphatic carbocycles. The highest BCUT2D eigenvalue weighted by Gasteiger charge is 2.24. The molecule has 1 amide bonds. The molecule has 0 fully saturated rings. The van der Waals surface area contributed by atoms with E-state index >= 15 is 0 Å². The molecule has 1 N–H and O–H groups in total. The van der Waals surface area contributed by atoms with E-state index in [2.05, 4.69) is 5.32 Å². The number of benzene rings is 1. The van der Waals surface area contributed by atoms with Gasteiger partial charge in [-0.1, -0.05) is 29.8 Å². The van der Waals surface area contributed by atoms with Crippen molar-refractivity contribution in [1.82, 2.24) is 0 Å². The number of aryl methyl sites for hydroxylation is 1. The Hall–Kier alpha value is -1.89. The molecule has 0 saturated heterocycles. The molecular formula is C18H16ClNO3S2. The third-order valence-corrected chi connectivity index (χ3v) is 6.63. The Balaban J connectivity index is 1.96. The molecule has 0 saturated carbocycles. The summed E-state index contributed by atoms with van der Waals surface area (Å²) in [7, 11) is 0. The van der Waals surface area contributed by atoms with Crippen molar-refractivity contribution in [2.24, 2.45) is 0 Å². The number of thiophene rings is 2. The second-order valence-corrected chi connectivity index (χ2v) is 8.06. The normalized spacial score (nSPS) is 10.9. The van der Waals surface area contributed by atoms with E-state index in [9.17, 15) is 9.59 Å². The average Bonchev–Trinajstić information content (AvgIpc) is 3.06. The van der Waals surface area contributed by atoms with Crippen LogP contribution in [0.25, 0.3) is 10.1 Å². The van der Waals surface area contributed by atoms with Crippen molar-refractivity contribution in [3.63, 3.8) is 0 Å². The van der Waals surface area contributed by atoms with Crippen molar-refractivity contribution in [2.75, 3.05) is 11.9 Å². The maximum absolute atomic E-state index is 12.7. The molecular weight excluding hydrogens is 378 g/mol. The summed E-state index contributed by atoms with van der Waals surface area (Å²) >= 11 is 9.06. The second kappa shape index (κ2) is 7.15. The predicted octanol–water partition coefficient (Wildman–Crippen LogP) is 5.66. The Morgan fingerprint density at radius 3 is 2.60 bits per heavy atom. The van der Waals surface area contributed by atoms with Crippen molar-refractivity contribution < 1.29 is 14.3 Å². The minimum atomic E-state index is -0.429. The van der Waals surface area contributed by atoms with Crippen LogP contribution in [-0.2, 0) is 4.74 Å². The zero-order valence-corrected chi connectivity index (χ0v) is 16.3. The third-order valence-electron chi connectivity index (χ3n) is 3.83. The molecule has 2 heterocycles. The second-order valence-electron chi connectivity index (χ2n) is 5.40. The Bertz CT molecular complexity index is 974. The van der Waals surface area contributed by atoms with Crippen molar-refractivity contribution in [2.45, 2.75) is 20.8 Å². The molecule has 3 rings (SSSR count). The van der Waals surface area contributed by atoms with Gasteiger partial charge in [-0.3, -0.25) is 4.79 Å². The highest BCUT2D eigenvalue weighted by Crippen LogP contribution is 2.37. The number of ether oxygens (including phenoxy) is 1. The molecule has 1 aromatic carbocycles. The molecule has 4 nitrogen and oxygen atoms in total. The molecule has 3 aromatic rings. The van der Waals surface area contributed by atoms with E-state index in [1.54, 1.807) is 6.92 Å². The van der Waals surface area contributed by atoms with Crippen molar-refractivity contribution in [3.05, 3.63) is 50.2 Å². The number of hydrogen-bond acceptors (Lipinski definition) is 5. The number of esters is 1. The third kappa shape index (κ3) is 3.29. The summed E-state index contributed by atoms with van der Waals surface area (Å²) in [5.74, 6) is -0.750. The van der Waals surface area contributed by atoms with Gasteiger partial charge in [0.1, 0.15) is 9.88 Å². The van der Waals surface area contributed by atoms with E-state index in [1.165, 1.54) is 22.7 Å². The van der Waals surface area contributed by atoms with Crippen LogP contribution in [0.2, 0.25) is 5.02 Å². The predicted molar refractivity (Wildman–Crippen MR) is 105 cm³/mol. The fraction of sp³-hybridized carbons (Fsp3) is 0.222. The topological polar surface area (TPSA) is 55.4 Å². The highest BCUT2D eigenvalue weighted by molar-refractivity contribution is 7.22. The Labute approximate surface area is 158 Å². The van der Waals surface area contributed by atoms with Gasteiger partial charge in [-0.2, -0.15) is 0 Å². The van der Waals surface area contributed by atoms with Crippen molar-refractivity contribution >= 4 is 61.2 Å². The summed E-state index contributed by atoms with van der Waals surface area (Å²) in [6, 6.07) is 7.59. The number of fused-ring (bicyclic) bond motifs is 1. The number of amides is 1. The molecule has 0 bridgehead atoms. The maximum Gasteiger partial charge on any atom is 0.341 e. The van der Waals surface area contributed by atoms with E-state index in [4.69, 9.17) is 16.3 Å². The molecule has 0 aliphatic heterocycles. The Kier molecular flexibility index (Phi) is 5.13. The molecule has 0 aliphatic rings. The lowest BCUT2D eigenvalue weighted by molar-refractivity contribution is 0.0527. The van der Waals surface area contributed by atoms with Gasteiger partial charge in [-0.05, 0) is 32.4 Å². The molecule has 0 atom stereocenters. The number of anilines is 1. The van der Waals surface area contributed by atoms with Crippen LogP contribution < -0.4 is 5.32 Å². The van der Waals surface area contributed by atoms with Crippen LogP contribution in [-0.4, -0.2) is 18.5 Å². The number of carbonyl (C=O) groups is 2. The smallest absolute Gasteiger partial charge is 0.341 e. The van der Waals surface area contributed by atoms with Crippen molar-refractivity contribution in [3.8, 4) is 0 Å². The van der Waals surface area contributed by atoms with Gasteiger partial charge in [0.05, 0.1) is 17.2 Å². The van der Waals surface area contributed by atoms with Crippen LogP contribution in [0.5, 0.6) is 0 Å². The molecule has 130 valence electrons. The van der Waals surface area contributed by atoms with E-state index in [0.29, 0.717) is 20.5 Å². The first-order chi connectivity index (χ1) is 11.9. The first-order valence-electron chi connectivity index (χ1n) is 7.69. The minimum Gasteiger partial charge on any atom is -0.462 e. The van der Waals surface area contributed by atoms with E-state index in [-0.39, 0.29) is 12.5 Å². The summed E-state index contributed by atoms with van der Waals surface area (Å²) in [5.41, 5.74) is 1.23. The molecule has 0 unspecified atom stereocenters. The van der Waals surface area contributed by atoms with Gasteiger partial charge < -0.3 is 10.1 Å². The largest absolute Gasteiger partial charge is 0.462 e. The fourth-order valence-corrected chi connectivity index (χ4v) is 4.94. The monoisotopic (exact) mass is 393 g/mol. The van der Waals surface area contributed by atoms with Crippen molar-refractivity contribution in [1.29, 1.82) is 0 Å². The zero-order valence-electron chi connectivity index (χ0n) is 13.9. The van der Waals surface area contributed by atoms with Gasteiger partial charge in [-0.15, -0.1) is 22.7 Å². The Morgan fingerprint density at radius 1 is 1.20 bits per heavy atom. The van der Waals surface area contributed by atoms with Crippen LogP contribution in [0.3, 0.4) is 0 Å². The lowest BCUT2D eigenvalue weighted by atomic mass is 10.1. The summed E-state index contributed by atoms with van der Waals surface area (Å²) in [6.07, 6.45) is 0. The molecule has 25 heavy (non-hydrogen) atoms. The van der Waals surface area contributed by atoms with Gasteiger partial charge in [-0.25, -0.2) is 4.79 Å². The van der Waals surface area contributed by atoms with Crippen LogP contribution in [0.4, 0.5) is 5.00 Å². The number of carbonyl (C=O) groups excluding carboxylic acids is 2. The van der Waals surface area contributed by atoms with Gasteiger partial charge >= 0.3 is 5.97 Å². The SMILES string of the molecule is CCOC(=O)c1c(NC(=O)c2sc3ccccc3c2Cl)sc(C)c1C. The average molecular weight is 394 g/mol. The van der Waals surface area contributed by atoms with Gasteiger partial charge in [0, 0.05) is 15.0 Å². The number of hydrogen-bond donors (Lipinski definition) is 1. The molecule has 7 heteroatoms. The Morgan fingerprint density at radius 2 is 1.92 bits per heavy atom. The van der Waals surface area contributed by atoms with Gasteiger partial charge in [0.25, 0.3) is 5.91 Å². The summed E-state index contributed by atoms with van der Waals surface area (Å²) < 4.78 is 6.06. The van der Waals surface area contributed by atoms with Gasteiger partial charge in [0.15, 0.2) is 0 Å². The molecule has 0 radical (unpaired) electrons.